The van der Waals surface area contributed by atoms with E-state index in [1.807, 2.05) is 18.2 Å². The Morgan fingerprint density at radius 3 is 2.25 bits per heavy atom. The molecule has 0 aromatic heterocycles. The second kappa shape index (κ2) is 4.14. The van der Waals surface area contributed by atoms with Gasteiger partial charge in [0.25, 0.3) is 0 Å². The minimum absolute atomic E-state index is 0.0138. The number of nitrogen functional groups attached to an aromatic ring is 1. The molecule has 80 valence electrons. The van der Waals surface area contributed by atoms with Crippen LogP contribution in [0.15, 0.2) is 48.5 Å². The number of rotatable bonds is 2. The summed E-state index contributed by atoms with van der Waals surface area (Å²) < 4.78 is 12.8. The van der Waals surface area contributed by atoms with Gasteiger partial charge in [0.05, 0.1) is 0 Å². The maximum absolute atomic E-state index is 12.8. The number of amidine groups is 1. The summed E-state index contributed by atoms with van der Waals surface area (Å²) in [5.74, 6) is -0.260. The molecule has 0 saturated heterocycles. The molecule has 0 atom stereocenters. The van der Waals surface area contributed by atoms with Crippen LogP contribution < -0.4 is 5.73 Å². The van der Waals surface area contributed by atoms with Gasteiger partial charge in [-0.25, -0.2) is 4.39 Å². The lowest BCUT2D eigenvalue weighted by molar-refractivity contribution is 0.628. The SMILES string of the molecule is N=C(N)c1ccccc1-c1ccc(F)cc1. The summed E-state index contributed by atoms with van der Waals surface area (Å²) in [6.45, 7) is 0. The molecule has 16 heavy (non-hydrogen) atoms. The number of nitrogens with two attached hydrogens (primary N) is 1. The Bertz CT molecular complexity index is 518. The third kappa shape index (κ3) is 1.93. The van der Waals surface area contributed by atoms with Gasteiger partial charge in [-0.1, -0.05) is 36.4 Å². The molecule has 0 radical (unpaired) electrons. The summed E-state index contributed by atoms with van der Waals surface area (Å²) in [5, 5.41) is 7.47. The van der Waals surface area contributed by atoms with Crippen molar-refractivity contribution in [1.29, 1.82) is 5.41 Å². The quantitative estimate of drug-likeness (QED) is 0.586. The molecule has 0 unspecified atom stereocenters. The third-order valence-corrected chi connectivity index (χ3v) is 2.37. The Hall–Kier alpha value is -2.16. The number of nitrogens with one attached hydrogen (secondary N) is 1. The zero-order valence-corrected chi connectivity index (χ0v) is 8.57. The van der Waals surface area contributed by atoms with Crippen molar-refractivity contribution in [3.05, 3.63) is 59.9 Å². The highest BCUT2D eigenvalue weighted by Crippen LogP contribution is 2.23. The highest BCUT2D eigenvalue weighted by molar-refractivity contribution is 6.01. The van der Waals surface area contributed by atoms with Crippen molar-refractivity contribution in [3.63, 3.8) is 0 Å². The van der Waals surface area contributed by atoms with Gasteiger partial charge in [-0.2, -0.15) is 0 Å². The van der Waals surface area contributed by atoms with Gasteiger partial charge in [-0.3, -0.25) is 5.41 Å². The van der Waals surface area contributed by atoms with Crippen LogP contribution in [-0.2, 0) is 0 Å². The van der Waals surface area contributed by atoms with E-state index in [2.05, 4.69) is 0 Å². The Kier molecular flexibility index (Phi) is 2.68. The first-order chi connectivity index (χ1) is 7.68. The van der Waals surface area contributed by atoms with Crippen LogP contribution in [0.25, 0.3) is 11.1 Å². The van der Waals surface area contributed by atoms with E-state index in [4.69, 9.17) is 11.1 Å². The van der Waals surface area contributed by atoms with Crippen LogP contribution in [0.5, 0.6) is 0 Å². The van der Waals surface area contributed by atoms with E-state index in [-0.39, 0.29) is 11.7 Å². The fraction of sp³-hybridized carbons (Fsp3) is 0. The van der Waals surface area contributed by atoms with Gasteiger partial charge in [0, 0.05) is 5.56 Å². The van der Waals surface area contributed by atoms with E-state index in [1.54, 1.807) is 18.2 Å². The van der Waals surface area contributed by atoms with Crippen LogP contribution in [-0.4, -0.2) is 5.84 Å². The zero-order valence-electron chi connectivity index (χ0n) is 8.57. The minimum Gasteiger partial charge on any atom is -0.384 e. The Labute approximate surface area is 93.0 Å². The Morgan fingerprint density at radius 1 is 1.00 bits per heavy atom. The predicted octanol–water partition coefficient (Wildman–Crippen LogP) is 2.78. The molecule has 2 rings (SSSR count). The molecular weight excluding hydrogens is 203 g/mol. The number of hydrogen-bond donors (Lipinski definition) is 2. The fourth-order valence-electron chi connectivity index (χ4n) is 1.60. The van der Waals surface area contributed by atoms with Gasteiger partial charge in [-0.05, 0) is 23.3 Å². The Morgan fingerprint density at radius 2 is 1.62 bits per heavy atom. The summed E-state index contributed by atoms with van der Waals surface area (Å²) in [5.41, 5.74) is 7.85. The molecule has 3 heteroatoms. The van der Waals surface area contributed by atoms with Crippen LogP contribution in [0.4, 0.5) is 4.39 Å². The second-order valence-electron chi connectivity index (χ2n) is 3.47. The van der Waals surface area contributed by atoms with Gasteiger partial charge in [0.1, 0.15) is 11.7 Å². The average molecular weight is 214 g/mol. The molecule has 3 N–H and O–H groups in total. The second-order valence-corrected chi connectivity index (χ2v) is 3.47. The molecule has 0 aliphatic heterocycles. The van der Waals surface area contributed by atoms with Crippen LogP contribution in [0.3, 0.4) is 0 Å². The molecule has 0 aliphatic rings. The smallest absolute Gasteiger partial charge is 0.123 e. The summed E-state index contributed by atoms with van der Waals surface area (Å²) in [7, 11) is 0. The van der Waals surface area contributed by atoms with E-state index in [0.29, 0.717) is 5.56 Å². The van der Waals surface area contributed by atoms with Gasteiger partial charge in [0.15, 0.2) is 0 Å². The Balaban J connectivity index is 2.55. The molecule has 0 spiro atoms. The maximum atomic E-state index is 12.8. The normalized spacial score (nSPS) is 10.1. The molecule has 2 aromatic rings. The van der Waals surface area contributed by atoms with Gasteiger partial charge in [0.2, 0.25) is 0 Å². The first-order valence-corrected chi connectivity index (χ1v) is 4.88. The maximum Gasteiger partial charge on any atom is 0.123 e. The van der Waals surface area contributed by atoms with Crippen molar-refractivity contribution in [2.24, 2.45) is 5.73 Å². The van der Waals surface area contributed by atoms with Crippen molar-refractivity contribution in [1.82, 2.24) is 0 Å². The molecule has 0 fully saturated rings. The third-order valence-electron chi connectivity index (χ3n) is 2.37. The molecule has 2 nitrogen and oxygen atoms in total. The molecule has 0 bridgehead atoms. The number of hydrogen-bond acceptors (Lipinski definition) is 1. The largest absolute Gasteiger partial charge is 0.384 e. The lowest BCUT2D eigenvalue weighted by Gasteiger charge is -2.07. The zero-order chi connectivity index (χ0) is 11.5. The van der Waals surface area contributed by atoms with E-state index >= 15 is 0 Å². The lowest BCUT2D eigenvalue weighted by atomic mass is 9.99. The lowest BCUT2D eigenvalue weighted by Crippen LogP contribution is -2.12. The van der Waals surface area contributed by atoms with Crippen molar-refractivity contribution < 1.29 is 4.39 Å². The van der Waals surface area contributed by atoms with Crippen molar-refractivity contribution >= 4 is 5.84 Å². The van der Waals surface area contributed by atoms with Crippen LogP contribution in [0, 0.1) is 11.2 Å². The monoisotopic (exact) mass is 214 g/mol. The van der Waals surface area contributed by atoms with Crippen molar-refractivity contribution in [2.75, 3.05) is 0 Å². The van der Waals surface area contributed by atoms with Crippen LogP contribution in [0.1, 0.15) is 5.56 Å². The van der Waals surface area contributed by atoms with Gasteiger partial charge in [-0.15, -0.1) is 0 Å². The minimum atomic E-state index is -0.274. The van der Waals surface area contributed by atoms with E-state index in [1.165, 1.54) is 12.1 Å². The first-order valence-electron chi connectivity index (χ1n) is 4.88. The molecular formula is C13H11FN2. The molecule has 2 aromatic carbocycles. The molecule has 0 heterocycles. The average Bonchev–Trinajstić information content (AvgIpc) is 2.30. The van der Waals surface area contributed by atoms with E-state index in [0.717, 1.165) is 11.1 Å². The topological polar surface area (TPSA) is 49.9 Å². The van der Waals surface area contributed by atoms with Crippen LogP contribution in [0.2, 0.25) is 0 Å². The molecule has 0 amide bonds. The van der Waals surface area contributed by atoms with Gasteiger partial charge < -0.3 is 5.73 Å². The number of halogens is 1. The van der Waals surface area contributed by atoms with Crippen molar-refractivity contribution in [2.45, 2.75) is 0 Å². The van der Waals surface area contributed by atoms with Crippen LogP contribution >= 0.6 is 0 Å². The molecule has 0 saturated carbocycles. The first kappa shape index (κ1) is 10.4. The number of benzene rings is 2. The predicted molar refractivity (Wildman–Crippen MR) is 62.9 cm³/mol. The van der Waals surface area contributed by atoms with Crippen molar-refractivity contribution in [3.8, 4) is 11.1 Å². The fourth-order valence-corrected chi connectivity index (χ4v) is 1.60. The van der Waals surface area contributed by atoms with E-state index < -0.39 is 0 Å². The summed E-state index contributed by atoms with van der Waals surface area (Å²) in [6.07, 6.45) is 0. The molecule has 0 aliphatic carbocycles. The highest BCUT2D eigenvalue weighted by atomic mass is 19.1. The summed E-state index contributed by atoms with van der Waals surface area (Å²) in [4.78, 5) is 0. The summed E-state index contributed by atoms with van der Waals surface area (Å²) >= 11 is 0. The van der Waals surface area contributed by atoms with E-state index in [9.17, 15) is 4.39 Å². The standard InChI is InChI=1S/C13H11FN2/c14-10-7-5-9(6-8-10)11-3-1-2-4-12(11)13(15)16/h1-8H,(H3,15,16). The summed E-state index contributed by atoms with van der Waals surface area (Å²) in [6, 6.07) is 13.5. The van der Waals surface area contributed by atoms with Gasteiger partial charge >= 0.3 is 0 Å². The highest BCUT2D eigenvalue weighted by Gasteiger charge is 2.06.